The van der Waals surface area contributed by atoms with Crippen molar-refractivity contribution in [3.05, 3.63) is 48.0 Å². The molecule has 0 aliphatic heterocycles. The van der Waals surface area contributed by atoms with Crippen LogP contribution in [-0.2, 0) is 6.54 Å². The molecule has 0 aromatic heterocycles. The molecule has 1 aromatic carbocycles. The first kappa shape index (κ1) is 30.9. The second-order valence-electron chi connectivity index (χ2n) is 10.1. The van der Waals surface area contributed by atoms with Crippen molar-refractivity contribution in [2.45, 2.75) is 129 Å². The molecule has 4 N–H and O–H groups in total. The molecular formula is C31H57N3. The fourth-order valence-electron chi connectivity index (χ4n) is 4.74. The van der Waals surface area contributed by atoms with Crippen LogP contribution >= 0.6 is 0 Å². The zero-order valence-electron chi connectivity index (χ0n) is 22.6. The zero-order valence-corrected chi connectivity index (χ0v) is 22.6. The van der Waals surface area contributed by atoms with Crippen molar-refractivity contribution in [2.75, 3.05) is 19.6 Å². The predicted molar refractivity (Wildman–Crippen MR) is 152 cm³/mol. The number of rotatable bonds is 24. The SMILES string of the molecule is CCCCCCCCC=CCCCCCCCCN(Cc1ccccc1)C(CN)CCCCN. The lowest BCUT2D eigenvalue weighted by Gasteiger charge is -2.31. The van der Waals surface area contributed by atoms with E-state index in [9.17, 15) is 0 Å². The van der Waals surface area contributed by atoms with Crippen molar-refractivity contribution in [1.82, 2.24) is 4.90 Å². The van der Waals surface area contributed by atoms with E-state index in [1.54, 1.807) is 0 Å². The largest absolute Gasteiger partial charge is 0.330 e. The second-order valence-corrected chi connectivity index (χ2v) is 10.1. The van der Waals surface area contributed by atoms with E-state index in [2.05, 4.69) is 54.3 Å². The number of benzene rings is 1. The van der Waals surface area contributed by atoms with Crippen LogP contribution in [0.2, 0.25) is 0 Å². The van der Waals surface area contributed by atoms with Gasteiger partial charge in [0.15, 0.2) is 0 Å². The summed E-state index contributed by atoms with van der Waals surface area (Å²) in [5.41, 5.74) is 13.3. The molecule has 0 bridgehead atoms. The number of hydrogen-bond acceptors (Lipinski definition) is 3. The normalized spacial score (nSPS) is 12.7. The number of nitrogens with two attached hydrogens (primary N) is 2. The summed E-state index contributed by atoms with van der Waals surface area (Å²) in [6, 6.07) is 11.3. The number of allylic oxidation sites excluding steroid dienone is 2. The summed E-state index contributed by atoms with van der Waals surface area (Å²) in [7, 11) is 0. The fourth-order valence-corrected chi connectivity index (χ4v) is 4.74. The van der Waals surface area contributed by atoms with E-state index in [1.807, 2.05) is 0 Å². The molecule has 0 amide bonds. The highest BCUT2D eigenvalue weighted by molar-refractivity contribution is 5.14. The summed E-state index contributed by atoms with van der Waals surface area (Å²) in [6.07, 6.45) is 27.3. The molecule has 34 heavy (non-hydrogen) atoms. The van der Waals surface area contributed by atoms with E-state index in [0.29, 0.717) is 6.04 Å². The Balaban J connectivity index is 2.14. The molecule has 3 heteroatoms. The van der Waals surface area contributed by atoms with Gasteiger partial charge >= 0.3 is 0 Å². The molecule has 0 saturated heterocycles. The first-order valence-electron chi connectivity index (χ1n) is 14.6. The van der Waals surface area contributed by atoms with Gasteiger partial charge in [0.1, 0.15) is 0 Å². The van der Waals surface area contributed by atoms with Crippen molar-refractivity contribution >= 4 is 0 Å². The lowest BCUT2D eigenvalue weighted by atomic mass is 10.0. The van der Waals surface area contributed by atoms with Crippen LogP contribution < -0.4 is 11.5 Å². The highest BCUT2D eigenvalue weighted by Gasteiger charge is 2.16. The Kier molecular flexibility index (Phi) is 21.4. The van der Waals surface area contributed by atoms with E-state index in [4.69, 9.17) is 11.5 Å². The Labute approximate surface area is 212 Å². The van der Waals surface area contributed by atoms with Crippen LogP contribution in [0.4, 0.5) is 0 Å². The van der Waals surface area contributed by atoms with Gasteiger partial charge in [-0.3, -0.25) is 4.90 Å². The summed E-state index contributed by atoms with van der Waals surface area (Å²) in [6.45, 7) is 5.97. The predicted octanol–water partition coefficient (Wildman–Crippen LogP) is 7.98. The van der Waals surface area contributed by atoms with Crippen molar-refractivity contribution in [3.63, 3.8) is 0 Å². The van der Waals surface area contributed by atoms with Crippen LogP contribution in [0.15, 0.2) is 42.5 Å². The van der Waals surface area contributed by atoms with Gasteiger partial charge < -0.3 is 11.5 Å². The first-order chi connectivity index (χ1) is 16.8. The molecule has 0 radical (unpaired) electrons. The van der Waals surface area contributed by atoms with Gasteiger partial charge in [-0.05, 0) is 63.6 Å². The van der Waals surface area contributed by atoms with E-state index in [0.717, 1.165) is 39.0 Å². The van der Waals surface area contributed by atoms with Crippen LogP contribution in [0, 0.1) is 0 Å². The third kappa shape index (κ3) is 17.3. The summed E-state index contributed by atoms with van der Waals surface area (Å²) in [4.78, 5) is 2.63. The van der Waals surface area contributed by atoms with Gasteiger partial charge in [-0.1, -0.05) is 114 Å². The van der Waals surface area contributed by atoms with Gasteiger partial charge in [-0.25, -0.2) is 0 Å². The maximum Gasteiger partial charge on any atom is 0.0237 e. The highest BCUT2D eigenvalue weighted by atomic mass is 15.2. The molecule has 0 aliphatic rings. The number of unbranched alkanes of at least 4 members (excludes halogenated alkanes) is 13. The molecule has 196 valence electrons. The smallest absolute Gasteiger partial charge is 0.0237 e. The highest BCUT2D eigenvalue weighted by Crippen LogP contribution is 2.16. The maximum absolute atomic E-state index is 6.19. The van der Waals surface area contributed by atoms with Gasteiger partial charge in [-0.2, -0.15) is 0 Å². The molecule has 1 rings (SSSR count). The molecule has 0 heterocycles. The minimum Gasteiger partial charge on any atom is -0.330 e. The van der Waals surface area contributed by atoms with Crippen LogP contribution in [-0.4, -0.2) is 30.6 Å². The van der Waals surface area contributed by atoms with Crippen LogP contribution in [0.3, 0.4) is 0 Å². The lowest BCUT2D eigenvalue weighted by Crippen LogP contribution is -2.40. The molecule has 3 nitrogen and oxygen atoms in total. The lowest BCUT2D eigenvalue weighted by molar-refractivity contribution is 0.175. The third-order valence-electron chi connectivity index (χ3n) is 6.97. The Morgan fingerprint density at radius 3 is 1.88 bits per heavy atom. The molecule has 0 spiro atoms. The van der Waals surface area contributed by atoms with E-state index in [-0.39, 0.29) is 0 Å². The van der Waals surface area contributed by atoms with Gasteiger partial charge in [-0.15, -0.1) is 0 Å². The standard InChI is InChI=1S/C31H57N3/c1-2-3-4-5-6-7-8-9-10-11-12-13-14-15-16-22-27-34(29-30-23-18-17-19-24-30)31(28-33)25-20-21-26-32/h9-10,17-19,23-24,31H,2-8,11-16,20-22,25-29,32-33H2,1H3. The Morgan fingerprint density at radius 1 is 0.706 bits per heavy atom. The molecule has 0 aliphatic carbocycles. The Bertz CT molecular complexity index is 557. The molecular weight excluding hydrogens is 414 g/mol. The first-order valence-corrected chi connectivity index (χ1v) is 14.6. The summed E-state index contributed by atoms with van der Waals surface area (Å²) in [5.74, 6) is 0. The molecule has 0 saturated carbocycles. The van der Waals surface area contributed by atoms with Crippen LogP contribution in [0.1, 0.15) is 122 Å². The Hall–Kier alpha value is -1.16. The van der Waals surface area contributed by atoms with Crippen LogP contribution in [0.5, 0.6) is 0 Å². The zero-order chi connectivity index (χ0) is 24.5. The van der Waals surface area contributed by atoms with Gasteiger partial charge in [0.2, 0.25) is 0 Å². The molecule has 1 aromatic rings. The summed E-state index contributed by atoms with van der Waals surface area (Å²) in [5, 5.41) is 0. The average molecular weight is 472 g/mol. The third-order valence-corrected chi connectivity index (χ3v) is 6.97. The molecule has 1 unspecified atom stereocenters. The maximum atomic E-state index is 6.19. The van der Waals surface area contributed by atoms with Crippen molar-refractivity contribution < 1.29 is 0 Å². The van der Waals surface area contributed by atoms with Gasteiger partial charge in [0.05, 0.1) is 0 Å². The Morgan fingerprint density at radius 2 is 1.29 bits per heavy atom. The minimum atomic E-state index is 0.467. The van der Waals surface area contributed by atoms with E-state index < -0.39 is 0 Å². The monoisotopic (exact) mass is 471 g/mol. The number of hydrogen-bond donors (Lipinski definition) is 2. The van der Waals surface area contributed by atoms with Crippen LogP contribution in [0.25, 0.3) is 0 Å². The average Bonchev–Trinajstić information content (AvgIpc) is 2.86. The molecule has 0 fully saturated rings. The van der Waals surface area contributed by atoms with Crippen molar-refractivity contribution in [3.8, 4) is 0 Å². The molecule has 1 atom stereocenters. The minimum absolute atomic E-state index is 0.467. The van der Waals surface area contributed by atoms with Crippen molar-refractivity contribution in [2.24, 2.45) is 11.5 Å². The quantitative estimate of drug-likeness (QED) is 0.119. The summed E-state index contributed by atoms with van der Waals surface area (Å²) >= 11 is 0. The van der Waals surface area contributed by atoms with Crippen molar-refractivity contribution in [1.29, 1.82) is 0 Å². The number of nitrogens with zero attached hydrogens (tertiary/aromatic N) is 1. The second kappa shape index (κ2) is 23.6. The van der Waals surface area contributed by atoms with Gasteiger partial charge in [0, 0.05) is 19.1 Å². The summed E-state index contributed by atoms with van der Waals surface area (Å²) < 4.78 is 0. The van der Waals surface area contributed by atoms with E-state index in [1.165, 1.54) is 102 Å². The van der Waals surface area contributed by atoms with E-state index >= 15 is 0 Å². The fraction of sp³-hybridized carbons (Fsp3) is 0.742. The van der Waals surface area contributed by atoms with Gasteiger partial charge in [0.25, 0.3) is 0 Å². The topological polar surface area (TPSA) is 55.3 Å².